The summed E-state index contributed by atoms with van der Waals surface area (Å²) in [6, 6.07) is 30.2. The lowest BCUT2D eigenvalue weighted by molar-refractivity contribution is -0.114. The number of carbonyl (C=O) groups excluding carboxylic acids is 1. The normalized spacial score (nSPS) is 12.3. The van der Waals surface area contributed by atoms with E-state index in [0.717, 1.165) is 28.8 Å². The molecule has 0 bridgehead atoms. The van der Waals surface area contributed by atoms with Gasteiger partial charge in [-0.1, -0.05) is 125 Å². The highest BCUT2D eigenvalue weighted by Crippen LogP contribution is 2.46. The molecule has 0 saturated carbocycles. The smallest absolute Gasteiger partial charge is 0.405 e. The van der Waals surface area contributed by atoms with Crippen LogP contribution in [0.1, 0.15) is 46.5 Å². The van der Waals surface area contributed by atoms with Crippen LogP contribution >= 0.6 is 6.89 Å². The minimum Gasteiger partial charge on any atom is -0.465 e. The molecule has 3 aromatic rings. The number of Topliss-reactive ketones (excluding diaryl/α,β-unsaturated/α-hetero) is 1. The molecule has 0 saturated heterocycles. The molecule has 0 fully saturated rings. The summed E-state index contributed by atoms with van der Waals surface area (Å²) in [6.45, 7) is 3.56. The van der Waals surface area contributed by atoms with Crippen LogP contribution in [0.2, 0.25) is 0 Å². The zero-order chi connectivity index (χ0) is 26.9. The van der Waals surface area contributed by atoms with Crippen molar-refractivity contribution in [3.8, 4) is 6.07 Å². The van der Waals surface area contributed by atoms with Gasteiger partial charge in [-0.3, -0.25) is 4.79 Å². The van der Waals surface area contributed by atoms with Crippen molar-refractivity contribution in [2.45, 2.75) is 52.5 Å². The van der Waals surface area contributed by atoms with Gasteiger partial charge in [-0.2, -0.15) is 5.26 Å². The Bertz CT molecular complexity index is 1190. The van der Waals surface area contributed by atoms with Gasteiger partial charge in [0, 0.05) is 0 Å². The molecular formula is C31H35N2O3P. The maximum Gasteiger partial charge on any atom is 0.405 e. The van der Waals surface area contributed by atoms with E-state index in [0.29, 0.717) is 12.8 Å². The molecule has 0 aliphatic heterocycles. The molecule has 5 nitrogen and oxygen atoms in total. The van der Waals surface area contributed by atoms with Crippen molar-refractivity contribution in [3.05, 3.63) is 91.0 Å². The molecule has 1 unspecified atom stereocenters. The van der Waals surface area contributed by atoms with E-state index in [9.17, 15) is 20.0 Å². The minimum absolute atomic E-state index is 0.102. The van der Waals surface area contributed by atoms with Gasteiger partial charge in [0.1, 0.15) is 11.4 Å². The Morgan fingerprint density at radius 2 is 1.27 bits per heavy atom. The molecule has 3 aromatic carbocycles. The largest absolute Gasteiger partial charge is 0.465 e. The van der Waals surface area contributed by atoms with E-state index in [2.05, 4.69) is 32.2 Å². The van der Waals surface area contributed by atoms with Crippen molar-refractivity contribution < 1.29 is 14.7 Å². The number of ketones is 1. The minimum atomic E-state index is -2.91. The Morgan fingerprint density at radius 3 is 1.62 bits per heavy atom. The summed E-state index contributed by atoms with van der Waals surface area (Å²) < 4.78 is 0. The Kier molecular flexibility index (Phi) is 9.50. The molecule has 0 aromatic heterocycles. The molecule has 1 amide bonds. The standard InChI is InChI=1S/C31H35N2O3P/c1-31(2,3)22-14-13-21-27(33-30(35)36)29(34)28(23-32)37(24-15-7-4-8-16-24,25-17-9-5-10-18-25)26-19-11-6-12-20-26/h4-12,15-20,27,33H,13-14,21-22H2,1-3H3,(H,35,36). The maximum absolute atomic E-state index is 14.2. The molecule has 0 heterocycles. The van der Waals surface area contributed by atoms with E-state index in [-0.39, 0.29) is 10.7 Å². The van der Waals surface area contributed by atoms with Crippen LogP contribution in [0, 0.1) is 16.7 Å². The highest BCUT2D eigenvalue weighted by Gasteiger charge is 2.36. The SMILES string of the molecule is CC(C)(C)CCCCC(NC(=O)O)C(=O)C(C#N)=P(c1ccccc1)(c1ccccc1)c1ccccc1. The number of amides is 1. The monoisotopic (exact) mass is 514 g/mol. The third-order valence-electron chi connectivity index (χ3n) is 6.39. The Balaban J connectivity index is 2.28. The number of nitrogens with one attached hydrogen (secondary N) is 1. The summed E-state index contributed by atoms with van der Waals surface area (Å²) in [6.07, 6.45) is 1.58. The number of nitriles is 1. The molecule has 0 aliphatic rings. The van der Waals surface area contributed by atoms with E-state index < -0.39 is 24.8 Å². The van der Waals surface area contributed by atoms with Crippen molar-refractivity contribution in [2.75, 3.05) is 0 Å². The van der Waals surface area contributed by atoms with E-state index in [1.54, 1.807) is 0 Å². The molecule has 37 heavy (non-hydrogen) atoms. The quantitative estimate of drug-likeness (QED) is 0.277. The van der Waals surface area contributed by atoms with Crippen LogP contribution in [0.5, 0.6) is 0 Å². The number of rotatable bonds is 10. The lowest BCUT2D eigenvalue weighted by Crippen LogP contribution is -2.45. The fourth-order valence-electron chi connectivity index (χ4n) is 4.67. The zero-order valence-corrected chi connectivity index (χ0v) is 22.6. The molecule has 2 N–H and O–H groups in total. The van der Waals surface area contributed by atoms with Crippen LogP contribution in [0.3, 0.4) is 0 Å². The van der Waals surface area contributed by atoms with Gasteiger partial charge in [0.15, 0.2) is 5.78 Å². The molecule has 0 spiro atoms. The first-order chi connectivity index (χ1) is 17.7. The average Bonchev–Trinajstić information content (AvgIpc) is 2.89. The molecular weight excluding hydrogens is 479 g/mol. The number of hydrogen-bond acceptors (Lipinski definition) is 3. The highest BCUT2D eigenvalue weighted by atomic mass is 31.2. The van der Waals surface area contributed by atoms with Gasteiger partial charge in [0.25, 0.3) is 0 Å². The van der Waals surface area contributed by atoms with Crippen molar-refractivity contribution in [1.82, 2.24) is 5.32 Å². The summed E-state index contributed by atoms with van der Waals surface area (Å²) >= 11 is 0. The Morgan fingerprint density at radius 1 is 0.838 bits per heavy atom. The van der Waals surface area contributed by atoms with E-state index in [1.165, 1.54) is 0 Å². The van der Waals surface area contributed by atoms with Crippen LogP contribution in [0.15, 0.2) is 91.0 Å². The van der Waals surface area contributed by atoms with Crippen LogP contribution in [-0.4, -0.2) is 28.3 Å². The second kappa shape index (κ2) is 12.6. The topological polar surface area (TPSA) is 90.2 Å². The lowest BCUT2D eigenvalue weighted by atomic mass is 9.89. The molecule has 1 atom stereocenters. The predicted octanol–water partition coefficient (Wildman–Crippen LogP) is 5.49. The second-order valence-electron chi connectivity index (χ2n) is 10.3. The lowest BCUT2D eigenvalue weighted by Gasteiger charge is -2.31. The summed E-state index contributed by atoms with van der Waals surface area (Å²) in [7, 11) is 0. The second-order valence-corrected chi connectivity index (χ2v) is 13.6. The molecule has 0 aliphatic carbocycles. The van der Waals surface area contributed by atoms with Crippen LogP contribution in [0.4, 0.5) is 4.79 Å². The first kappa shape index (κ1) is 28.0. The number of carboxylic acid groups (broad SMARTS) is 1. The van der Waals surface area contributed by atoms with Crippen LogP contribution < -0.4 is 21.2 Å². The molecule has 6 heteroatoms. The molecule has 3 rings (SSSR count). The van der Waals surface area contributed by atoms with Crippen LogP contribution in [-0.2, 0) is 4.79 Å². The summed E-state index contributed by atoms with van der Waals surface area (Å²) in [4.78, 5) is 25.9. The predicted molar refractivity (Wildman–Crippen MR) is 154 cm³/mol. The summed E-state index contributed by atoms with van der Waals surface area (Å²) in [5.74, 6) is -0.453. The van der Waals surface area contributed by atoms with Gasteiger partial charge in [0.05, 0.1) is 6.04 Å². The maximum atomic E-state index is 14.2. The first-order valence-electron chi connectivity index (χ1n) is 12.6. The van der Waals surface area contributed by atoms with Gasteiger partial charge < -0.3 is 10.4 Å². The molecule has 0 radical (unpaired) electrons. The van der Waals surface area contributed by atoms with Crippen LogP contribution in [0.25, 0.3) is 0 Å². The molecule has 192 valence electrons. The number of unbranched alkanes of at least 4 members (excludes halogenated alkanes) is 1. The zero-order valence-electron chi connectivity index (χ0n) is 21.7. The number of benzene rings is 3. The first-order valence-corrected chi connectivity index (χ1v) is 14.4. The summed E-state index contributed by atoms with van der Waals surface area (Å²) in [5.41, 5.74) is 0.151. The Labute approximate surface area is 220 Å². The van der Waals surface area contributed by atoms with Crippen molar-refractivity contribution in [1.29, 1.82) is 5.26 Å². The van der Waals surface area contributed by atoms with Gasteiger partial charge in [-0.05, 0) is 41.1 Å². The van der Waals surface area contributed by atoms with Gasteiger partial charge in [-0.25, -0.2) is 4.79 Å². The van der Waals surface area contributed by atoms with Gasteiger partial charge >= 0.3 is 6.09 Å². The number of nitrogens with zero attached hydrogens (tertiary/aromatic N) is 1. The third-order valence-corrected chi connectivity index (χ3v) is 10.6. The van der Waals surface area contributed by atoms with Crippen molar-refractivity contribution >= 4 is 40.0 Å². The van der Waals surface area contributed by atoms with E-state index in [1.807, 2.05) is 91.0 Å². The highest BCUT2D eigenvalue weighted by molar-refractivity contribution is 7.97. The van der Waals surface area contributed by atoms with Gasteiger partial charge in [0.2, 0.25) is 0 Å². The average molecular weight is 515 g/mol. The van der Waals surface area contributed by atoms with Gasteiger partial charge in [-0.15, -0.1) is 0 Å². The fraction of sp³-hybridized carbons (Fsp3) is 0.290. The van der Waals surface area contributed by atoms with E-state index in [4.69, 9.17) is 0 Å². The van der Waals surface area contributed by atoms with Crippen molar-refractivity contribution in [2.24, 2.45) is 5.41 Å². The number of hydrogen-bond donors (Lipinski definition) is 2. The third kappa shape index (κ3) is 6.79. The summed E-state index contributed by atoms with van der Waals surface area (Å²) in [5, 5.41) is 25.4. The Hall–Kier alpha value is -3.61. The van der Waals surface area contributed by atoms with Crippen molar-refractivity contribution in [3.63, 3.8) is 0 Å². The fourth-order valence-corrected chi connectivity index (χ4v) is 8.83. The van der Waals surface area contributed by atoms with E-state index >= 15 is 0 Å². The number of carbonyl (C=O) groups is 2.